The minimum atomic E-state index is -0.423. The molecular weight excluding hydrogens is 375 g/mol. The zero-order chi connectivity index (χ0) is 18.4. The molecule has 2 aromatic rings. The van der Waals surface area contributed by atoms with Crippen molar-refractivity contribution in [1.29, 1.82) is 0 Å². The van der Waals surface area contributed by atoms with Crippen molar-refractivity contribution < 1.29 is 9.66 Å². The van der Waals surface area contributed by atoms with E-state index in [1.165, 1.54) is 7.11 Å². The van der Waals surface area contributed by atoms with E-state index >= 15 is 0 Å². The second-order valence-corrected chi connectivity index (χ2v) is 7.30. The second-order valence-electron chi connectivity index (χ2n) is 6.48. The summed E-state index contributed by atoms with van der Waals surface area (Å²) in [5, 5.41) is 16.1. The predicted octanol–water partition coefficient (Wildman–Crippen LogP) is 5.74. The molecule has 1 heterocycles. The standard InChI is InChI=1S/C19H16Cl2N2O3/c1-26-16-8-5-10(9-15(16)23(24)25)18-12-4-2-3-11(12)17-13(20)6-7-14(21)19(17)22-18/h2-3,5-9,11-12,18,22H,4H2,1H3/t11-,12+,18+/m1/s1. The Morgan fingerprint density at radius 2 is 2.00 bits per heavy atom. The first-order chi connectivity index (χ1) is 12.5. The van der Waals surface area contributed by atoms with Gasteiger partial charge in [0.15, 0.2) is 5.75 Å². The lowest BCUT2D eigenvalue weighted by atomic mass is 9.77. The van der Waals surface area contributed by atoms with Crippen molar-refractivity contribution in [3.63, 3.8) is 0 Å². The highest BCUT2D eigenvalue weighted by Gasteiger charge is 2.40. The number of nitrogens with zero attached hydrogens (tertiary/aromatic N) is 1. The van der Waals surface area contributed by atoms with Crippen LogP contribution in [0.25, 0.3) is 0 Å². The van der Waals surface area contributed by atoms with Gasteiger partial charge in [-0.1, -0.05) is 41.4 Å². The zero-order valence-corrected chi connectivity index (χ0v) is 15.4. The molecule has 1 aliphatic heterocycles. The van der Waals surface area contributed by atoms with Crippen LogP contribution in [0, 0.1) is 16.0 Å². The van der Waals surface area contributed by atoms with Crippen LogP contribution in [0.15, 0.2) is 42.5 Å². The van der Waals surface area contributed by atoms with Crippen LogP contribution in [0.2, 0.25) is 10.0 Å². The number of benzene rings is 2. The number of nitro benzene ring substituents is 1. The third-order valence-electron chi connectivity index (χ3n) is 5.17. The topological polar surface area (TPSA) is 64.4 Å². The number of nitro groups is 1. The molecule has 0 unspecified atom stereocenters. The lowest BCUT2D eigenvalue weighted by molar-refractivity contribution is -0.385. The monoisotopic (exact) mass is 390 g/mol. The summed E-state index contributed by atoms with van der Waals surface area (Å²) < 4.78 is 5.11. The maximum Gasteiger partial charge on any atom is 0.311 e. The van der Waals surface area contributed by atoms with Gasteiger partial charge < -0.3 is 10.1 Å². The fraction of sp³-hybridized carbons (Fsp3) is 0.263. The average Bonchev–Trinajstić information content (AvgIpc) is 3.13. The van der Waals surface area contributed by atoms with Crippen LogP contribution < -0.4 is 10.1 Å². The van der Waals surface area contributed by atoms with Crippen LogP contribution in [0.1, 0.15) is 29.5 Å². The number of fused-ring (bicyclic) bond motifs is 3. The molecule has 0 amide bonds. The molecule has 26 heavy (non-hydrogen) atoms. The summed E-state index contributed by atoms with van der Waals surface area (Å²) in [5.74, 6) is 0.590. The number of rotatable bonds is 3. The summed E-state index contributed by atoms with van der Waals surface area (Å²) in [5.41, 5.74) is 2.59. The maximum atomic E-state index is 11.4. The maximum absolute atomic E-state index is 11.4. The fourth-order valence-electron chi connectivity index (χ4n) is 4.00. The molecule has 0 radical (unpaired) electrons. The smallest absolute Gasteiger partial charge is 0.311 e. The van der Waals surface area contributed by atoms with E-state index in [-0.39, 0.29) is 29.3 Å². The molecule has 0 fully saturated rings. The van der Waals surface area contributed by atoms with E-state index in [2.05, 4.69) is 17.5 Å². The lowest BCUT2D eigenvalue weighted by Gasteiger charge is -2.38. The molecule has 0 bridgehead atoms. The van der Waals surface area contributed by atoms with Gasteiger partial charge in [0.1, 0.15) is 0 Å². The van der Waals surface area contributed by atoms with E-state index in [0.717, 1.165) is 23.2 Å². The first-order valence-electron chi connectivity index (χ1n) is 8.24. The summed E-state index contributed by atoms with van der Waals surface area (Å²) in [7, 11) is 1.43. The predicted molar refractivity (Wildman–Crippen MR) is 102 cm³/mol. The summed E-state index contributed by atoms with van der Waals surface area (Å²) in [4.78, 5) is 11.0. The van der Waals surface area contributed by atoms with E-state index in [1.54, 1.807) is 18.2 Å². The van der Waals surface area contributed by atoms with Crippen LogP contribution in [0.4, 0.5) is 11.4 Å². The Labute approximate surface area is 160 Å². The van der Waals surface area contributed by atoms with Crippen LogP contribution in [0.5, 0.6) is 5.75 Å². The lowest BCUT2D eigenvalue weighted by Crippen LogP contribution is -2.29. The molecule has 0 saturated heterocycles. The molecule has 0 spiro atoms. The van der Waals surface area contributed by atoms with E-state index in [4.69, 9.17) is 27.9 Å². The van der Waals surface area contributed by atoms with Gasteiger partial charge in [0.2, 0.25) is 0 Å². The number of hydrogen-bond acceptors (Lipinski definition) is 4. The normalized spacial score (nSPS) is 23.1. The summed E-state index contributed by atoms with van der Waals surface area (Å²) >= 11 is 12.9. The molecule has 5 nitrogen and oxygen atoms in total. The highest BCUT2D eigenvalue weighted by molar-refractivity contribution is 6.36. The third-order valence-corrected chi connectivity index (χ3v) is 5.82. The van der Waals surface area contributed by atoms with Crippen LogP contribution in [-0.4, -0.2) is 12.0 Å². The van der Waals surface area contributed by atoms with Crippen LogP contribution >= 0.6 is 23.2 Å². The number of halogens is 2. The van der Waals surface area contributed by atoms with Gasteiger partial charge in [-0.2, -0.15) is 0 Å². The molecule has 1 aliphatic carbocycles. The first-order valence-corrected chi connectivity index (χ1v) is 9.00. The highest BCUT2D eigenvalue weighted by atomic mass is 35.5. The Morgan fingerprint density at radius 1 is 1.23 bits per heavy atom. The van der Waals surface area contributed by atoms with Gasteiger partial charge in [-0.3, -0.25) is 10.1 Å². The molecule has 7 heteroatoms. The minimum absolute atomic E-state index is 0.0442. The van der Waals surface area contributed by atoms with Crippen molar-refractivity contribution in [3.8, 4) is 5.75 Å². The van der Waals surface area contributed by atoms with E-state index in [0.29, 0.717) is 10.0 Å². The number of ether oxygens (including phenoxy) is 1. The summed E-state index contributed by atoms with van der Waals surface area (Å²) in [6, 6.07) is 8.55. The van der Waals surface area contributed by atoms with Gasteiger partial charge in [0, 0.05) is 22.6 Å². The Balaban J connectivity index is 1.83. The quantitative estimate of drug-likeness (QED) is 0.412. The summed E-state index contributed by atoms with van der Waals surface area (Å²) in [6.07, 6.45) is 5.15. The fourth-order valence-corrected chi connectivity index (χ4v) is 4.50. The van der Waals surface area contributed by atoms with Gasteiger partial charge in [-0.05, 0) is 36.1 Å². The van der Waals surface area contributed by atoms with Gasteiger partial charge in [-0.25, -0.2) is 0 Å². The number of nitrogens with one attached hydrogen (secondary N) is 1. The highest BCUT2D eigenvalue weighted by Crippen LogP contribution is 2.54. The van der Waals surface area contributed by atoms with Crippen molar-refractivity contribution in [2.24, 2.45) is 5.92 Å². The number of hydrogen-bond donors (Lipinski definition) is 1. The zero-order valence-electron chi connectivity index (χ0n) is 13.9. The Morgan fingerprint density at radius 3 is 2.73 bits per heavy atom. The first kappa shape index (κ1) is 17.2. The van der Waals surface area contributed by atoms with Gasteiger partial charge in [0.05, 0.1) is 28.8 Å². The van der Waals surface area contributed by atoms with E-state index in [9.17, 15) is 10.1 Å². The molecule has 134 valence electrons. The van der Waals surface area contributed by atoms with Crippen molar-refractivity contribution in [1.82, 2.24) is 0 Å². The molecule has 0 saturated carbocycles. The van der Waals surface area contributed by atoms with Crippen LogP contribution in [-0.2, 0) is 0 Å². The Bertz CT molecular complexity index is 929. The molecule has 1 N–H and O–H groups in total. The minimum Gasteiger partial charge on any atom is -0.490 e. The molecule has 4 rings (SSSR count). The van der Waals surface area contributed by atoms with Crippen LogP contribution in [0.3, 0.4) is 0 Å². The largest absolute Gasteiger partial charge is 0.490 e. The van der Waals surface area contributed by atoms with Crippen molar-refractivity contribution in [2.45, 2.75) is 18.4 Å². The number of allylic oxidation sites excluding steroid dienone is 2. The number of methoxy groups -OCH3 is 1. The molecule has 2 aromatic carbocycles. The average molecular weight is 391 g/mol. The van der Waals surface area contributed by atoms with Crippen molar-refractivity contribution in [2.75, 3.05) is 12.4 Å². The Kier molecular flexibility index (Phi) is 4.29. The van der Waals surface area contributed by atoms with Gasteiger partial charge >= 0.3 is 5.69 Å². The molecule has 0 aromatic heterocycles. The second kappa shape index (κ2) is 6.49. The van der Waals surface area contributed by atoms with E-state index in [1.807, 2.05) is 12.1 Å². The molecule has 3 atom stereocenters. The molecular formula is C19H16Cl2N2O3. The van der Waals surface area contributed by atoms with Gasteiger partial charge in [-0.15, -0.1) is 0 Å². The van der Waals surface area contributed by atoms with Crippen molar-refractivity contribution >= 4 is 34.6 Å². The number of anilines is 1. The van der Waals surface area contributed by atoms with Gasteiger partial charge in [0.25, 0.3) is 0 Å². The summed E-state index contributed by atoms with van der Waals surface area (Å²) in [6.45, 7) is 0. The molecule has 2 aliphatic rings. The SMILES string of the molecule is COc1ccc([C@@H]2Nc3c(Cl)ccc(Cl)c3[C@@H]3C=CC[C@@H]32)cc1[N+](=O)[O-]. The van der Waals surface area contributed by atoms with E-state index < -0.39 is 4.92 Å². The third kappa shape index (κ3) is 2.63. The Hall–Kier alpha value is -2.24. The van der Waals surface area contributed by atoms with Crippen molar-refractivity contribution in [3.05, 3.63) is 73.8 Å².